The van der Waals surface area contributed by atoms with Crippen molar-refractivity contribution in [1.29, 1.82) is 0 Å². The lowest BCUT2D eigenvalue weighted by molar-refractivity contribution is -0.318. The Morgan fingerprint density at radius 3 is 2.19 bits per heavy atom. The molecule has 3 aromatic rings. The summed E-state index contributed by atoms with van der Waals surface area (Å²) in [6, 6.07) is 7.78. The fraction of sp³-hybridized carbons (Fsp3) is 0.464. The van der Waals surface area contributed by atoms with Crippen molar-refractivity contribution < 1.29 is 69.0 Å². The number of hydrogen-bond donors (Lipinski definition) is 8. The molecular formula is C28H32O15. The number of aromatic hydroxyl groups is 2. The Hall–Kier alpha value is -3.51. The van der Waals surface area contributed by atoms with Crippen LogP contribution in [0.2, 0.25) is 0 Å². The van der Waals surface area contributed by atoms with Crippen molar-refractivity contribution >= 4 is 11.0 Å². The second kappa shape index (κ2) is 12.2. The van der Waals surface area contributed by atoms with E-state index in [-0.39, 0.29) is 34.0 Å². The molecule has 0 unspecified atom stereocenters. The van der Waals surface area contributed by atoms with Crippen LogP contribution in [0.3, 0.4) is 0 Å². The van der Waals surface area contributed by atoms with E-state index >= 15 is 0 Å². The van der Waals surface area contributed by atoms with Gasteiger partial charge in [-0.2, -0.15) is 0 Å². The van der Waals surface area contributed by atoms with Crippen LogP contribution in [0.25, 0.3) is 22.3 Å². The minimum Gasteiger partial charge on any atom is -0.507 e. The van der Waals surface area contributed by atoms with Gasteiger partial charge in [0.2, 0.25) is 6.29 Å². The first-order valence-corrected chi connectivity index (χ1v) is 13.3. The Morgan fingerprint density at radius 1 is 0.791 bits per heavy atom. The van der Waals surface area contributed by atoms with E-state index in [1.807, 2.05) is 0 Å². The lowest BCUT2D eigenvalue weighted by atomic mass is 9.98. The Balaban J connectivity index is 1.36. The second-order valence-electron chi connectivity index (χ2n) is 10.3. The first-order valence-electron chi connectivity index (χ1n) is 13.3. The van der Waals surface area contributed by atoms with Gasteiger partial charge in [0.25, 0.3) is 0 Å². The molecule has 2 aliphatic rings. The molecule has 10 atom stereocenters. The zero-order chi connectivity index (χ0) is 31.2. The Labute approximate surface area is 243 Å². The molecule has 43 heavy (non-hydrogen) atoms. The zero-order valence-corrected chi connectivity index (χ0v) is 22.9. The van der Waals surface area contributed by atoms with Crippen molar-refractivity contribution in [2.75, 3.05) is 13.7 Å². The van der Waals surface area contributed by atoms with Crippen molar-refractivity contribution in [3.05, 3.63) is 46.6 Å². The molecule has 0 spiro atoms. The van der Waals surface area contributed by atoms with E-state index in [4.69, 9.17) is 28.1 Å². The van der Waals surface area contributed by atoms with E-state index in [0.717, 1.165) is 12.1 Å². The number of phenols is 2. The minimum atomic E-state index is -1.78. The third kappa shape index (κ3) is 5.99. The van der Waals surface area contributed by atoms with Gasteiger partial charge in [0, 0.05) is 23.8 Å². The number of fused-ring (bicyclic) bond motifs is 1. The van der Waals surface area contributed by atoms with Gasteiger partial charge in [-0.3, -0.25) is 4.79 Å². The molecule has 0 amide bonds. The minimum absolute atomic E-state index is 0.0517. The fourth-order valence-corrected chi connectivity index (χ4v) is 4.92. The van der Waals surface area contributed by atoms with Crippen molar-refractivity contribution in [2.45, 2.75) is 68.3 Å². The Bertz CT molecular complexity index is 1510. The average molecular weight is 609 g/mol. The molecule has 3 heterocycles. The SMILES string of the molecule is COc1ccc(-c2cc(=O)c3c(O)cc(O[C@@H]4O[C@H](CO[C@@H]5O[C@H](C)[C@H](O)[C@@H](O)[C@H]5O)[C@@H](O)[C@H](O)[C@H]4O)cc3o2)cc1O. The van der Waals surface area contributed by atoms with Crippen molar-refractivity contribution in [3.63, 3.8) is 0 Å². The summed E-state index contributed by atoms with van der Waals surface area (Å²) in [5.41, 5.74) is -0.381. The lowest BCUT2D eigenvalue weighted by Gasteiger charge is -2.42. The molecule has 1 aromatic heterocycles. The summed E-state index contributed by atoms with van der Waals surface area (Å²) in [6.07, 6.45) is -15.0. The van der Waals surface area contributed by atoms with Gasteiger partial charge in [-0.05, 0) is 25.1 Å². The number of aliphatic hydroxyl groups excluding tert-OH is 6. The first-order chi connectivity index (χ1) is 20.4. The van der Waals surface area contributed by atoms with Crippen molar-refractivity contribution in [3.8, 4) is 34.3 Å². The summed E-state index contributed by atoms with van der Waals surface area (Å²) < 4.78 is 32.9. The summed E-state index contributed by atoms with van der Waals surface area (Å²) in [4.78, 5) is 12.8. The number of ether oxygens (including phenoxy) is 5. The molecule has 2 saturated heterocycles. The number of methoxy groups -OCH3 is 1. The molecule has 15 nitrogen and oxygen atoms in total. The molecule has 234 valence electrons. The Kier molecular flexibility index (Phi) is 8.80. The van der Waals surface area contributed by atoms with Gasteiger partial charge < -0.3 is 69.0 Å². The van der Waals surface area contributed by atoms with Crippen LogP contribution in [0.15, 0.2) is 45.6 Å². The average Bonchev–Trinajstić information content (AvgIpc) is 2.97. The van der Waals surface area contributed by atoms with Gasteiger partial charge in [-0.1, -0.05) is 0 Å². The van der Waals surface area contributed by atoms with Gasteiger partial charge in [0.1, 0.15) is 71.0 Å². The van der Waals surface area contributed by atoms with Crippen LogP contribution < -0.4 is 14.9 Å². The maximum atomic E-state index is 12.8. The second-order valence-corrected chi connectivity index (χ2v) is 10.3. The van der Waals surface area contributed by atoms with Crippen LogP contribution in [0, 0.1) is 0 Å². The number of rotatable bonds is 7. The van der Waals surface area contributed by atoms with E-state index in [1.54, 1.807) is 6.07 Å². The topological polar surface area (TPSA) is 238 Å². The van der Waals surface area contributed by atoms with Crippen molar-refractivity contribution in [1.82, 2.24) is 0 Å². The molecule has 0 saturated carbocycles. The number of hydrogen-bond acceptors (Lipinski definition) is 15. The van der Waals surface area contributed by atoms with Crippen LogP contribution in [0.4, 0.5) is 0 Å². The summed E-state index contributed by atoms with van der Waals surface area (Å²) in [7, 11) is 1.38. The summed E-state index contributed by atoms with van der Waals surface area (Å²) in [5, 5.41) is 82.0. The third-order valence-electron chi connectivity index (χ3n) is 7.40. The predicted molar refractivity (Wildman–Crippen MR) is 143 cm³/mol. The van der Waals surface area contributed by atoms with E-state index in [0.29, 0.717) is 5.56 Å². The van der Waals surface area contributed by atoms with E-state index in [1.165, 1.54) is 32.2 Å². The number of aliphatic hydroxyl groups is 6. The maximum absolute atomic E-state index is 12.8. The molecular weight excluding hydrogens is 576 g/mol. The van der Waals surface area contributed by atoms with E-state index in [2.05, 4.69) is 0 Å². The van der Waals surface area contributed by atoms with Gasteiger partial charge in [0.05, 0.1) is 19.8 Å². The molecule has 0 radical (unpaired) electrons. The molecule has 8 N–H and O–H groups in total. The molecule has 5 rings (SSSR count). The van der Waals surface area contributed by atoms with Crippen LogP contribution >= 0.6 is 0 Å². The van der Waals surface area contributed by atoms with Crippen LogP contribution in [-0.4, -0.2) is 116 Å². The fourth-order valence-electron chi connectivity index (χ4n) is 4.92. The summed E-state index contributed by atoms with van der Waals surface area (Å²) in [5.74, 6) is -0.605. The van der Waals surface area contributed by atoms with Gasteiger partial charge in [0.15, 0.2) is 23.2 Å². The molecule has 0 bridgehead atoms. The zero-order valence-electron chi connectivity index (χ0n) is 22.9. The first kappa shape index (κ1) is 30.9. The van der Waals surface area contributed by atoms with Crippen LogP contribution in [0.5, 0.6) is 23.0 Å². The molecule has 2 fully saturated rings. The van der Waals surface area contributed by atoms with Crippen molar-refractivity contribution in [2.24, 2.45) is 0 Å². The smallest absolute Gasteiger partial charge is 0.229 e. The number of benzene rings is 2. The highest BCUT2D eigenvalue weighted by atomic mass is 16.7. The lowest BCUT2D eigenvalue weighted by Crippen LogP contribution is -2.61. The molecule has 2 aliphatic heterocycles. The normalized spacial score (nSPS) is 32.9. The highest BCUT2D eigenvalue weighted by Gasteiger charge is 2.47. The molecule has 2 aromatic carbocycles. The van der Waals surface area contributed by atoms with E-state index < -0.39 is 79.2 Å². The predicted octanol–water partition coefficient (Wildman–Crippen LogP) is -1.09. The largest absolute Gasteiger partial charge is 0.507 e. The maximum Gasteiger partial charge on any atom is 0.229 e. The van der Waals surface area contributed by atoms with Gasteiger partial charge in [-0.25, -0.2) is 0 Å². The van der Waals surface area contributed by atoms with Gasteiger partial charge in [-0.15, -0.1) is 0 Å². The quantitative estimate of drug-likeness (QED) is 0.159. The van der Waals surface area contributed by atoms with E-state index in [9.17, 15) is 45.6 Å². The summed E-state index contributed by atoms with van der Waals surface area (Å²) in [6.45, 7) is 0.953. The third-order valence-corrected chi connectivity index (χ3v) is 7.40. The summed E-state index contributed by atoms with van der Waals surface area (Å²) >= 11 is 0. The molecule has 15 heteroatoms. The number of phenolic OH excluding ortho intramolecular Hbond substituents is 2. The van der Waals surface area contributed by atoms with Crippen LogP contribution in [0.1, 0.15) is 6.92 Å². The Morgan fingerprint density at radius 2 is 1.49 bits per heavy atom. The van der Waals surface area contributed by atoms with Gasteiger partial charge >= 0.3 is 0 Å². The monoisotopic (exact) mass is 608 g/mol. The highest BCUT2D eigenvalue weighted by Crippen LogP contribution is 2.35. The standard InChI is InChI=1S/C28H32O15/c1-10-21(32)23(34)25(36)27(40-10)39-9-19-22(33)24(35)26(37)28(43-19)41-12-6-14(30)20-15(31)8-17(42-18(20)7-12)11-3-4-16(38-2)13(29)5-11/h3-8,10,19,21-30,32-37H,9H2,1-2H3/t10-,19-,21+,22-,23-,24+,25-,26-,27-,28-/m1/s1. The highest BCUT2D eigenvalue weighted by molar-refractivity contribution is 5.86. The van der Waals surface area contributed by atoms with Crippen LogP contribution in [-0.2, 0) is 14.2 Å². The molecule has 0 aliphatic carbocycles.